The molecule has 0 unspecified atom stereocenters. The number of aromatic nitrogens is 2. The van der Waals surface area contributed by atoms with Crippen molar-refractivity contribution in [2.45, 2.75) is 37.6 Å². The number of unbranched alkanes of at least 4 members (excludes halogenated alkanes) is 3. The molecule has 1 aromatic heterocycles. The Hall–Kier alpha value is -0.610. The lowest BCUT2D eigenvalue weighted by Crippen LogP contribution is -2.18. The summed E-state index contributed by atoms with van der Waals surface area (Å²) in [5, 5.41) is 4.46. The standard InChI is InChI=1S/C12H21N3S/c1-2-3-4-5-6-13-9-10-16-12-11-14-7-8-15-12/h7-8,11,13H,2-6,9-10H2,1H3. The van der Waals surface area contributed by atoms with Crippen LogP contribution in [-0.4, -0.2) is 28.8 Å². The maximum absolute atomic E-state index is 4.21. The van der Waals surface area contributed by atoms with E-state index >= 15 is 0 Å². The van der Waals surface area contributed by atoms with E-state index in [1.165, 1.54) is 25.7 Å². The summed E-state index contributed by atoms with van der Waals surface area (Å²) in [6, 6.07) is 0. The highest BCUT2D eigenvalue weighted by atomic mass is 32.2. The van der Waals surface area contributed by atoms with Gasteiger partial charge in [-0.3, -0.25) is 4.98 Å². The van der Waals surface area contributed by atoms with Gasteiger partial charge in [-0.2, -0.15) is 0 Å². The van der Waals surface area contributed by atoms with E-state index < -0.39 is 0 Å². The summed E-state index contributed by atoms with van der Waals surface area (Å²) in [7, 11) is 0. The molecule has 1 rings (SSSR count). The van der Waals surface area contributed by atoms with Crippen molar-refractivity contribution in [3.63, 3.8) is 0 Å². The smallest absolute Gasteiger partial charge is 0.114 e. The van der Waals surface area contributed by atoms with Crippen LogP contribution >= 0.6 is 11.8 Å². The Bertz CT molecular complexity index is 254. The van der Waals surface area contributed by atoms with Crippen molar-refractivity contribution in [1.82, 2.24) is 15.3 Å². The summed E-state index contributed by atoms with van der Waals surface area (Å²) in [5.74, 6) is 1.06. The Morgan fingerprint density at radius 3 is 2.88 bits per heavy atom. The van der Waals surface area contributed by atoms with Crippen LogP contribution < -0.4 is 5.32 Å². The van der Waals surface area contributed by atoms with Crippen LogP contribution in [0, 0.1) is 0 Å². The van der Waals surface area contributed by atoms with Crippen molar-refractivity contribution in [2.24, 2.45) is 0 Å². The van der Waals surface area contributed by atoms with Gasteiger partial charge < -0.3 is 5.32 Å². The Morgan fingerprint density at radius 1 is 1.19 bits per heavy atom. The van der Waals surface area contributed by atoms with E-state index in [-0.39, 0.29) is 0 Å². The van der Waals surface area contributed by atoms with Gasteiger partial charge in [0.15, 0.2) is 0 Å². The van der Waals surface area contributed by atoms with Gasteiger partial charge in [0.1, 0.15) is 5.03 Å². The molecule has 0 aromatic carbocycles. The van der Waals surface area contributed by atoms with Crippen molar-refractivity contribution >= 4 is 11.8 Å². The molecule has 0 saturated heterocycles. The van der Waals surface area contributed by atoms with Crippen LogP contribution in [0.4, 0.5) is 0 Å². The van der Waals surface area contributed by atoms with Gasteiger partial charge in [0, 0.05) is 24.7 Å². The fourth-order valence-electron chi connectivity index (χ4n) is 1.39. The van der Waals surface area contributed by atoms with Crippen molar-refractivity contribution in [3.05, 3.63) is 18.6 Å². The maximum atomic E-state index is 4.21. The number of nitrogens with zero attached hydrogens (tertiary/aromatic N) is 2. The summed E-state index contributed by atoms with van der Waals surface area (Å²) in [6.45, 7) is 4.43. The highest BCUT2D eigenvalue weighted by molar-refractivity contribution is 7.99. The first-order chi connectivity index (χ1) is 7.93. The van der Waals surface area contributed by atoms with Crippen LogP contribution in [0.1, 0.15) is 32.6 Å². The second kappa shape index (κ2) is 9.60. The zero-order chi connectivity index (χ0) is 11.5. The van der Waals surface area contributed by atoms with E-state index in [0.717, 1.165) is 23.9 Å². The normalized spacial score (nSPS) is 10.6. The van der Waals surface area contributed by atoms with E-state index in [1.54, 1.807) is 24.2 Å². The second-order valence-electron chi connectivity index (χ2n) is 3.70. The number of hydrogen-bond acceptors (Lipinski definition) is 4. The molecule has 16 heavy (non-hydrogen) atoms. The van der Waals surface area contributed by atoms with Crippen molar-refractivity contribution in [3.8, 4) is 0 Å². The first-order valence-electron chi connectivity index (χ1n) is 6.03. The van der Waals surface area contributed by atoms with Gasteiger partial charge in [0.25, 0.3) is 0 Å². The van der Waals surface area contributed by atoms with E-state index in [4.69, 9.17) is 0 Å². The first-order valence-corrected chi connectivity index (χ1v) is 7.01. The molecule has 1 aromatic rings. The Kier molecular flexibility index (Phi) is 8.08. The Balaban J connectivity index is 1.89. The van der Waals surface area contributed by atoms with Gasteiger partial charge >= 0.3 is 0 Å². The fraction of sp³-hybridized carbons (Fsp3) is 0.667. The molecule has 3 nitrogen and oxygen atoms in total. The van der Waals surface area contributed by atoms with Crippen LogP contribution in [0.25, 0.3) is 0 Å². The topological polar surface area (TPSA) is 37.8 Å². The zero-order valence-electron chi connectivity index (χ0n) is 9.98. The van der Waals surface area contributed by atoms with Gasteiger partial charge in [-0.05, 0) is 13.0 Å². The SMILES string of the molecule is CCCCCCNCCSc1cnccn1. The molecular weight excluding hydrogens is 218 g/mol. The van der Waals surface area contributed by atoms with Crippen molar-refractivity contribution in [1.29, 1.82) is 0 Å². The lowest BCUT2D eigenvalue weighted by Gasteiger charge is -2.03. The van der Waals surface area contributed by atoms with Gasteiger partial charge in [-0.15, -0.1) is 11.8 Å². The molecule has 90 valence electrons. The summed E-state index contributed by atoms with van der Waals surface area (Å²) < 4.78 is 0. The van der Waals surface area contributed by atoms with Gasteiger partial charge in [0.2, 0.25) is 0 Å². The summed E-state index contributed by atoms with van der Waals surface area (Å²) in [5.41, 5.74) is 0. The van der Waals surface area contributed by atoms with Crippen LogP contribution in [0.5, 0.6) is 0 Å². The molecule has 1 N–H and O–H groups in total. The van der Waals surface area contributed by atoms with Gasteiger partial charge in [0.05, 0.1) is 6.20 Å². The molecule has 0 bridgehead atoms. The lowest BCUT2D eigenvalue weighted by molar-refractivity contribution is 0.612. The third-order valence-corrected chi connectivity index (χ3v) is 3.19. The third-order valence-electron chi connectivity index (χ3n) is 2.28. The minimum atomic E-state index is 1.01. The van der Waals surface area contributed by atoms with Crippen LogP contribution in [0.2, 0.25) is 0 Å². The van der Waals surface area contributed by atoms with Crippen LogP contribution in [-0.2, 0) is 0 Å². The molecule has 0 spiro atoms. The fourth-order valence-corrected chi connectivity index (χ4v) is 2.12. The summed E-state index contributed by atoms with van der Waals surface area (Å²) >= 11 is 1.75. The number of nitrogens with one attached hydrogen (secondary N) is 1. The predicted molar refractivity (Wildman–Crippen MR) is 69.8 cm³/mol. The molecule has 0 amide bonds. The highest BCUT2D eigenvalue weighted by Gasteiger charge is 1.94. The average molecular weight is 239 g/mol. The molecule has 4 heteroatoms. The van der Waals surface area contributed by atoms with E-state index in [0.29, 0.717) is 0 Å². The summed E-state index contributed by atoms with van der Waals surface area (Å²) in [6.07, 6.45) is 10.6. The van der Waals surface area contributed by atoms with Crippen LogP contribution in [0.15, 0.2) is 23.6 Å². The molecular formula is C12H21N3S. The molecule has 0 fully saturated rings. The Labute approximate surface area is 102 Å². The van der Waals surface area contributed by atoms with E-state index in [1.807, 2.05) is 6.20 Å². The molecule has 0 aliphatic rings. The van der Waals surface area contributed by atoms with E-state index in [9.17, 15) is 0 Å². The molecule has 0 saturated carbocycles. The second-order valence-corrected chi connectivity index (χ2v) is 4.82. The molecule has 1 heterocycles. The number of hydrogen-bond donors (Lipinski definition) is 1. The molecule has 0 radical (unpaired) electrons. The molecule has 0 aliphatic heterocycles. The highest BCUT2D eigenvalue weighted by Crippen LogP contribution is 2.11. The van der Waals surface area contributed by atoms with E-state index in [2.05, 4.69) is 22.2 Å². The average Bonchev–Trinajstić information content (AvgIpc) is 2.34. The monoisotopic (exact) mass is 239 g/mol. The third kappa shape index (κ3) is 6.80. The van der Waals surface area contributed by atoms with Crippen LogP contribution in [0.3, 0.4) is 0 Å². The first kappa shape index (κ1) is 13.5. The lowest BCUT2D eigenvalue weighted by atomic mass is 10.2. The molecule has 0 atom stereocenters. The van der Waals surface area contributed by atoms with Crippen molar-refractivity contribution < 1.29 is 0 Å². The zero-order valence-corrected chi connectivity index (χ0v) is 10.8. The number of thioether (sulfide) groups is 1. The summed E-state index contributed by atoms with van der Waals surface area (Å²) in [4.78, 5) is 8.24. The van der Waals surface area contributed by atoms with Gasteiger partial charge in [-0.1, -0.05) is 26.2 Å². The van der Waals surface area contributed by atoms with Crippen molar-refractivity contribution in [2.75, 3.05) is 18.8 Å². The van der Waals surface area contributed by atoms with Gasteiger partial charge in [-0.25, -0.2) is 4.98 Å². The predicted octanol–water partition coefficient (Wildman–Crippen LogP) is 2.74. The minimum Gasteiger partial charge on any atom is -0.316 e. The number of rotatable bonds is 9. The largest absolute Gasteiger partial charge is 0.316 e. The quantitative estimate of drug-likeness (QED) is 0.531. The minimum absolute atomic E-state index is 1.01. The molecule has 0 aliphatic carbocycles. The maximum Gasteiger partial charge on any atom is 0.114 e. The Morgan fingerprint density at radius 2 is 2.12 bits per heavy atom.